The predicted molar refractivity (Wildman–Crippen MR) is 66.4 cm³/mol. The second-order valence-corrected chi connectivity index (χ2v) is 5.26. The molecule has 0 amide bonds. The molecule has 0 bridgehead atoms. The fourth-order valence-corrected chi connectivity index (χ4v) is 2.99. The Morgan fingerprint density at radius 3 is 2.32 bits per heavy atom. The fourth-order valence-electron chi connectivity index (χ4n) is 2.99. The predicted octanol–water partition coefficient (Wildman–Crippen LogP) is 3.26. The van der Waals surface area contributed by atoms with Gasteiger partial charge in [-0.1, -0.05) is 31.0 Å². The molecule has 106 valence electrons. The molecule has 0 aliphatic heterocycles. The molecule has 5 heteroatoms. The molecule has 2 nitrogen and oxygen atoms in total. The lowest BCUT2D eigenvalue weighted by atomic mass is 9.76. The summed E-state index contributed by atoms with van der Waals surface area (Å²) >= 11 is 0. The highest BCUT2D eigenvalue weighted by Crippen LogP contribution is 2.49. The van der Waals surface area contributed by atoms with Gasteiger partial charge in [0.1, 0.15) is 0 Å². The zero-order valence-corrected chi connectivity index (χ0v) is 10.6. The van der Waals surface area contributed by atoms with E-state index in [2.05, 4.69) is 0 Å². The summed E-state index contributed by atoms with van der Waals surface area (Å²) in [6.07, 6.45) is -2.44. The van der Waals surface area contributed by atoms with Crippen LogP contribution in [0.3, 0.4) is 0 Å². The van der Waals surface area contributed by atoms with Gasteiger partial charge in [-0.3, -0.25) is 0 Å². The van der Waals surface area contributed by atoms with Crippen molar-refractivity contribution in [2.45, 2.75) is 38.0 Å². The third-order valence-electron chi connectivity index (χ3n) is 4.15. The minimum atomic E-state index is -4.45. The monoisotopic (exact) mass is 273 g/mol. The van der Waals surface area contributed by atoms with Gasteiger partial charge in [-0.2, -0.15) is 13.2 Å². The first-order valence-electron chi connectivity index (χ1n) is 6.45. The van der Waals surface area contributed by atoms with Gasteiger partial charge in [0.25, 0.3) is 0 Å². The van der Waals surface area contributed by atoms with Crippen molar-refractivity contribution in [3.8, 4) is 0 Å². The summed E-state index contributed by atoms with van der Waals surface area (Å²) in [7, 11) is 0. The maximum atomic E-state index is 13.0. The van der Waals surface area contributed by atoms with Crippen molar-refractivity contribution in [1.82, 2.24) is 0 Å². The molecular weight excluding hydrogens is 255 g/mol. The van der Waals surface area contributed by atoms with Gasteiger partial charge in [0.2, 0.25) is 0 Å². The summed E-state index contributed by atoms with van der Waals surface area (Å²) in [5.74, 6) is 0. The van der Waals surface area contributed by atoms with Crippen LogP contribution in [0.15, 0.2) is 24.3 Å². The highest BCUT2D eigenvalue weighted by molar-refractivity contribution is 5.33. The molecule has 0 heterocycles. The van der Waals surface area contributed by atoms with Gasteiger partial charge < -0.3 is 10.8 Å². The molecule has 0 aromatic heterocycles. The van der Waals surface area contributed by atoms with E-state index in [0.717, 1.165) is 18.9 Å². The summed E-state index contributed by atoms with van der Waals surface area (Å²) in [6.45, 7) is 0.209. The molecule has 1 unspecified atom stereocenters. The first kappa shape index (κ1) is 14.3. The molecule has 1 aromatic carbocycles. The van der Waals surface area contributed by atoms with Gasteiger partial charge in [-0.25, -0.2) is 0 Å². The van der Waals surface area contributed by atoms with E-state index in [1.807, 2.05) is 0 Å². The van der Waals surface area contributed by atoms with Gasteiger partial charge in [0, 0.05) is 12.0 Å². The van der Waals surface area contributed by atoms with Crippen molar-refractivity contribution in [2.24, 2.45) is 11.1 Å². The van der Waals surface area contributed by atoms with Gasteiger partial charge >= 0.3 is 6.18 Å². The van der Waals surface area contributed by atoms with Crippen LogP contribution in [-0.4, -0.2) is 11.7 Å². The molecule has 0 radical (unpaired) electrons. The number of hydrogen-bond donors (Lipinski definition) is 2. The number of rotatable bonds is 3. The zero-order chi connectivity index (χ0) is 14.1. The Bertz CT molecular complexity index is 439. The Balaban J connectivity index is 2.41. The lowest BCUT2D eigenvalue weighted by Crippen LogP contribution is -2.35. The Morgan fingerprint density at radius 2 is 1.79 bits per heavy atom. The van der Waals surface area contributed by atoms with Crippen LogP contribution < -0.4 is 5.73 Å². The molecule has 0 spiro atoms. The van der Waals surface area contributed by atoms with E-state index >= 15 is 0 Å². The maximum absolute atomic E-state index is 13.0. The average Bonchev–Trinajstić information content (AvgIpc) is 2.87. The normalized spacial score (nSPS) is 20.5. The van der Waals surface area contributed by atoms with Crippen molar-refractivity contribution in [3.63, 3.8) is 0 Å². The van der Waals surface area contributed by atoms with Crippen LogP contribution in [0.25, 0.3) is 0 Å². The largest absolute Gasteiger partial charge is 0.416 e. The molecule has 2 rings (SSSR count). The number of aliphatic hydroxyl groups excluding tert-OH is 1. The number of alkyl halides is 3. The second kappa shape index (κ2) is 5.13. The molecule has 3 N–H and O–H groups in total. The molecule has 1 fully saturated rings. The lowest BCUT2D eigenvalue weighted by Gasteiger charge is -2.34. The van der Waals surface area contributed by atoms with Crippen molar-refractivity contribution in [1.29, 1.82) is 0 Å². The van der Waals surface area contributed by atoms with Crippen molar-refractivity contribution >= 4 is 0 Å². The summed E-state index contributed by atoms with van der Waals surface area (Å²) in [6, 6.07) is 5.22. The van der Waals surface area contributed by atoms with Gasteiger partial charge in [0.15, 0.2) is 0 Å². The van der Waals surface area contributed by atoms with Gasteiger partial charge in [0.05, 0.1) is 11.7 Å². The van der Waals surface area contributed by atoms with E-state index in [1.54, 1.807) is 0 Å². The average molecular weight is 273 g/mol. The van der Waals surface area contributed by atoms with Crippen LogP contribution in [0.2, 0.25) is 0 Å². The molecule has 0 saturated heterocycles. The third kappa shape index (κ3) is 2.62. The first-order chi connectivity index (χ1) is 8.91. The standard InChI is InChI=1S/C14H18F3NO/c15-14(16,17)11-6-2-1-5-10(11)12(19)13(9-18)7-3-4-8-13/h1-2,5-6,12,19H,3-4,7-9,18H2. The minimum absolute atomic E-state index is 0.0534. The Hall–Kier alpha value is -1.07. The molecule has 1 atom stereocenters. The third-order valence-corrected chi connectivity index (χ3v) is 4.15. The lowest BCUT2D eigenvalue weighted by molar-refractivity contribution is -0.140. The van der Waals surface area contributed by atoms with Crippen LogP contribution in [0.5, 0.6) is 0 Å². The van der Waals surface area contributed by atoms with E-state index in [-0.39, 0.29) is 12.1 Å². The number of hydrogen-bond acceptors (Lipinski definition) is 2. The summed E-state index contributed by atoms with van der Waals surface area (Å²) in [5, 5.41) is 10.4. The topological polar surface area (TPSA) is 46.2 Å². The molecular formula is C14H18F3NO. The van der Waals surface area contributed by atoms with E-state index in [9.17, 15) is 18.3 Å². The Labute approximate surface area is 110 Å². The summed E-state index contributed by atoms with van der Waals surface area (Å²) in [4.78, 5) is 0. The van der Waals surface area contributed by atoms with Crippen molar-refractivity contribution < 1.29 is 18.3 Å². The van der Waals surface area contributed by atoms with Crippen LogP contribution in [0, 0.1) is 5.41 Å². The van der Waals surface area contributed by atoms with Gasteiger partial charge in [-0.05, 0) is 24.5 Å². The number of aliphatic hydroxyl groups is 1. The van der Waals surface area contributed by atoms with Gasteiger partial charge in [-0.15, -0.1) is 0 Å². The van der Waals surface area contributed by atoms with Crippen LogP contribution >= 0.6 is 0 Å². The smallest absolute Gasteiger partial charge is 0.388 e. The van der Waals surface area contributed by atoms with Crippen LogP contribution in [0.1, 0.15) is 42.9 Å². The second-order valence-electron chi connectivity index (χ2n) is 5.26. The fraction of sp³-hybridized carbons (Fsp3) is 0.571. The SMILES string of the molecule is NCC1(C(O)c2ccccc2C(F)(F)F)CCCC1. The quantitative estimate of drug-likeness (QED) is 0.888. The van der Waals surface area contributed by atoms with E-state index < -0.39 is 23.3 Å². The minimum Gasteiger partial charge on any atom is -0.388 e. The first-order valence-corrected chi connectivity index (χ1v) is 6.45. The molecule has 19 heavy (non-hydrogen) atoms. The van der Waals surface area contributed by atoms with Crippen molar-refractivity contribution in [3.05, 3.63) is 35.4 Å². The van der Waals surface area contributed by atoms with Crippen molar-refractivity contribution in [2.75, 3.05) is 6.54 Å². The molecule has 1 aromatic rings. The molecule has 1 saturated carbocycles. The van der Waals surface area contributed by atoms with Crippen LogP contribution in [-0.2, 0) is 6.18 Å². The number of halogens is 3. The number of nitrogens with two attached hydrogens (primary N) is 1. The summed E-state index contributed by atoms with van der Waals surface area (Å²) in [5.41, 5.74) is 4.30. The Morgan fingerprint density at radius 1 is 1.21 bits per heavy atom. The molecule has 1 aliphatic carbocycles. The molecule has 1 aliphatic rings. The maximum Gasteiger partial charge on any atom is 0.416 e. The summed E-state index contributed by atoms with van der Waals surface area (Å²) < 4.78 is 38.9. The zero-order valence-electron chi connectivity index (χ0n) is 10.6. The van der Waals surface area contributed by atoms with E-state index in [1.165, 1.54) is 18.2 Å². The van der Waals surface area contributed by atoms with E-state index in [0.29, 0.717) is 12.8 Å². The van der Waals surface area contributed by atoms with E-state index in [4.69, 9.17) is 5.73 Å². The Kier molecular flexibility index (Phi) is 3.87. The highest BCUT2D eigenvalue weighted by Gasteiger charge is 2.44. The highest BCUT2D eigenvalue weighted by atomic mass is 19.4. The van der Waals surface area contributed by atoms with Crippen LogP contribution in [0.4, 0.5) is 13.2 Å². The number of benzene rings is 1.